The number of carboxylic acid groups (broad SMARTS) is 1. The van der Waals surface area contributed by atoms with Crippen molar-refractivity contribution in [1.82, 2.24) is 4.90 Å². The zero-order chi connectivity index (χ0) is 14.8. The molecule has 1 heterocycles. The summed E-state index contributed by atoms with van der Waals surface area (Å²) in [5.41, 5.74) is 1.29. The van der Waals surface area contributed by atoms with Crippen molar-refractivity contribution in [1.29, 1.82) is 0 Å². The van der Waals surface area contributed by atoms with Crippen LogP contribution in [0.5, 0.6) is 0 Å². The maximum Gasteiger partial charge on any atom is 0.329 e. The van der Waals surface area contributed by atoms with Crippen LogP contribution in [0.15, 0.2) is 24.3 Å². The average molecular weight is 275 g/mol. The van der Waals surface area contributed by atoms with Gasteiger partial charge in [0.25, 0.3) is 0 Å². The number of benzene rings is 1. The Kier molecular flexibility index (Phi) is 4.12. The number of likely N-dealkylation sites (tertiary alicyclic amines) is 1. The molecule has 0 radical (unpaired) electrons. The molecule has 0 saturated carbocycles. The maximum atomic E-state index is 12.3. The Morgan fingerprint density at radius 3 is 2.70 bits per heavy atom. The Morgan fingerprint density at radius 1 is 1.35 bits per heavy atom. The minimum absolute atomic E-state index is 0.0596. The molecule has 2 rings (SSSR count). The molecule has 1 aromatic rings. The Bertz CT molecular complexity index is 526. The van der Waals surface area contributed by atoms with Crippen LogP contribution in [-0.2, 0) is 16.0 Å². The molecular formula is C16H21NO3. The first-order chi connectivity index (χ1) is 9.45. The van der Waals surface area contributed by atoms with Crippen molar-refractivity contribution in [2.45, 2.75) is 45.1 Å². The number of amides is 1. The van der Waals surface area contributed by atoms with Crippen LogP contribution in [0.1, 0.15) is 37.3 Å². The number of aliphatic carboxylic acids is 1. The summed E-state index contributed by atoms with van der Waals surface area (Å²) in [6, 6.07) is 7.98. The molecule has 1 aliphatic heterocycles. The van der Waals surface area contributed by atoms with E-state index in [4.69, 9.17) is 0 Å². The van der Waals surface area contributed by atoms with Crippen LogP contribution in [0.2, 0.25) is 0 Å². The lowest BCUT2D eigenvalue weighted by Gasteiger charge is -2.31. The molecule has 1 N–H and O–H groups in total. The fraction of sp³-hybridized carbons (Fsp3) is 0.500. The highest BCUT2D eigenvalue weighted by Crippen LogP contribution is 2.30. The monoisotopic (exact) mass is 275 g/mol. The molecule has 1 unspecified atom stereocenters. The lowest BCUT2D eigenvalue weighted by Crippen LogP contribution is -2.50. The minimum atomic E-state index is -1.02. The van der Waals surface area contributed by atoms with Crippen molar-refractivity contribution >= 4 is 11.9 Å². The molecule has 1 aliphatic rings. The molecule has 0 bridgehead atoms. The lowest BCUT2D eigenvalue weighted by atomic mass is 9.98. The minimum Gasteiger partial charge on any atom is -0.480 e. The van der Waals surface area contributed by atoms with E-state index >= 15 is 0 Å². The van der Waals surface area contributed by atoms with Crippen LogP contribution in [-0.4, -0.2) is 34.0 Å². The summed E-state index contributed by atoms with van der Waals surface area (Å²) in [4.78, 5) is 25.2. The van der Waals surface area contributed by atoms with Gasteiger partial charge in [-0.1, -0.05) is 24.3 Å². The van der Waals surface area contributed by atoms with Gasteiger partial charge < -0.3 is 10.0 Å². The third-order valence-electron chi connectivity index (χ3n) is 4.27. The molecule has 1 aromatic carbocycles. The summed E-state index contributed by atoms with van der Waals surface area (Å²) in [5, 5.41) is 9.33. The Balaban J connectivity index is 2.02. The highest BCUT2D eigenvalue weighted by Gasteiger charge is 2.45. The average Bonchev–Trinajstić information content (AvgIpc) is 2.81. The first kappa shape index (κ1) is 14.6. The Hall–Kier alpha value is -1.84. The highest BCUT2D eigenvalue weighted by atomic mass is 16.4. The topological polar surface area (TPSA) is 57.6 Å². The van der Waals surface area contributed by atoms with Crippen molar-refractivity contribution in [2.75, 3.05) is 6.54 Å². The summed E-state index contributed by atoms with van der Waals surface area (Å²) in [7, 11) is 0. The second-order valence-corrected chi connectivity index (χ2v) is 5.65. The number of rotatable bonds is 4. The quantitative estimate of drug-likeness (QED) is 0.918. The van der Waals surface area contributed by atoms with Gasteiger partial charge >= 0.3 is 5.97 Å². The van der Waals surface area contributed by atoms with Gasteiger partial charge in [0.2, 0.25) is 5.91 Å². The molecule has 0 aromatic heterocycles. The van der Waals surface area contributed by atoms with Gasteiger partial charge in [-0.3, -0.25) is 4.79 Å². The third-order valence-corrected chi connectivity index (χ3v) is 4.27. The van der Waals surface area contributed by atoms with Gasteiger partial charge in [-0.25, -0.2) is 4.79 Å². The van der Waals surface area contributed by atoms with Crippen LogP contribution in [0.25, 0.3) is 0 Å². The van der Waals surface area contributed by atoms with E-state index < -0.39 is 11.5 Å². The predicted octanol–water partition coefficient (Wildman–Crippen LogP) is 2.39. The van der Waals surface area contributed by atoms with Gasteiger partial charge in [-0.05, 0) is 44.2 Å². The first-order valence-electron chi connectivity index (χ1n) is 7.03. The zero-order valence-corrected chi connectivity index (χ0v) is 12.1. The van der Waals surface area contributed by atoms with E-state index in [1.165, 1.54) is 10.5 Å². The molecule has 1 fully saturated rings. The SMILES string of the molecule is Cc1ccccc1CCC(=O)N1CCCC1(C)C(=O)O. The number of carbonyl (C=O) groups is 2. The number of carbonyl (C=O) groups excluding carboxylic acids is 1. The van der Waals surface area contributed by atoms with Crippen molar-refractivity contribution in [3.8, 4) is 0 Å². The summed E-state index contributed by atoms with van der Waals surface area (Å²) >= 11 is 0. The smallest absolute Gasteiger partial charge is 0.329 e. The normalized spacial score (nSPS) is 22.0. The van der Waals surface area contributed by atoms with Gasteiger partial charge in [0.15, 0.2) is 0 Å². The van der Waals surface area contributed by atoms with Crippen molar-refractivity contribution in [3.05, 3.63) is 35.4 Å². The van der Waals surface area contributed by atoms with Crippen LogP contribution >= 0.6 is 0 Å². The highest BCUT2D eigenvalue weighted by molar-refractivity contribution is 5.87. The largest absolute Gasteiger partial charge is 0.480 e. The molecule has 108 valence electrons. The van der Waals surface area contributed by atoms with Crippen molar-refractivity contribution in [2.24, 2.45) is 0 Å². The summed E-state index contributed by atoms with van der Waals surface area (Å²) in [6.45, 7) is 4.22. The number of hydrogen-bond acceptors (Lipinski definition) is 2. The van der Waals surface area contributed by atoms with E-state index in [0.717, 1.165) is 12.0 Å². The zero-order valence-electron chi connectivity index (χ0n) is 12.1. The third kappa shape index (κ3) is 2.69. The summed E-state index contributed by atoms with van der Waals surface area (Å²) in [5.74, 6) is -0.963. The van der Waals surface area contributed by atoms with Gasteiger partial charge in [-0.2, -0.15) is 0 Å². The second-order valence-electron chi connectivity index (χ2n) is 5.65. The van der Waals surface area contributed by atoms with Crippen LogP contribution < -0.4 is 0 Å². The van der Waals surface area contributed by atoms with Crippen molar-refractivity contribution in [3.63, 3.8) is 0 Å². The fourth-order valence-corrected chi connectivity index (χ4v) is 2.85. The number of carboxylic acids is 1. The van der Waals surface area contributed by atoms with Crippen molar-refractivity contribution < 1.29 is 14.7 Å². The number of aryl methyl sites for hydroxylation is 2. The fourth-order valence-electron chi connectivity index (χ4n) is 2.85. The molecule has 1 atom stereocenters. The van der Waals surface area contributed by atoms with Crippen LogP contribution in [0.4, 0.5) is 0 Å². The predicted molar refractivity (Wildman–Crippen MR) is 76.5 cm³/mol. The van der Waals surface area contributed by atoms with Gasteiger partial charge in [0.05, 0.1) is 0 Å². The van der Waals surface area contributed by atoms with E-state index in [2.05, 4.69) is 0 Å². The number of hydrogen-bond donors (Lipinski definition) is 1. The van der Waals surface area contributed by atoms with Crippen LogP contribution in [0, 0.1) is 6.92 Å². The molecule has 20 heavy (non-hydrogen) atoms. The molecule has 0 spiro atoms. The van der Waals surface area contributed by atoms with E-state index in [1.807, 2.05) is 31.2 Å². The Labute approximate surface area is 119 Å². The molecule has 1 saturated heterocycles. The standard InChI is InChI=1S/C16H21NO3/c1-12-6-3-4-7-13(12)8-9-14(18)17-11-5-10-16(17,2)15(19)20/h3-4,6-7H,5,8-11H2,1-2H3,(H,19,20). The molecule has 4 nitrogen and oxygen atoms in total. The van der Waals surface area contributed by atoms with Gasteiger partial charge in [-0.15, -0.1) is 0 Å². The molecule has 4 heteroatoms. The van der Waals surface area contributed by atoms with E-state index in [9.17, 15) is 14.7 Å². The molecule has 0 aliphatic carbocycles. The lowest BCUT2D eigenvalue weighted by molar-refractivity contribution is -0.155. The molecular weight excluding hydrogens is 254 g/mol. The van der Waals surface area contributed by atoms with E-state index in [1.54, 1.807) is 6.92 Å². The van der Waals surface area contributed by atoms with E-state index in [0.29, 0.717) is 25.8 Å². The van der Waals surface area contributed by atoms with Crippen LogP contribution in [0.3, 0.4) is 0 Å². The Morgan fingerprint density at radius 2 is 2.05 bits per heavy atom. The summed E-state index contributed by atoms with van der Waals surface area (Å²) < 4.78 is 0. The summed E-state index contributed by atoms with van der Waals surface area (Å²) in [6.07, 6.45) is 2.34. The number of nitrogens with zero attached hydrogens (tertiary/aromatic N) is 1. The maximum absolute atomic E-state index is 12.3. The van der Waals surface area contributed by atoms with Gasteiger partial charge in [0.1, 0.15) is 5.54 Å². The first-order valence-corrected chi connectivity index (χ1v) is 7.03. The van der Waals surface area contributed by atoms with E-state index in [-0.39, 0.29) is 5.91 Å². The van der Waals surface area contributed by atoms with Gasteiger partial charge in [0, 0.05) is 13.0 Å². The second kappa shape index (κ2) is 5.65. The molecule has 1 amide bonds.